The van der Waals surface area contributed by atoms with Crippen LogP contribution >= 0.6 is 0 Å². The summed E-state index contributed by atoms with van der Waals surface area (Å²) < 4.78 is 1.69. The summed E-state index contributed by atoms with van der Waals surface area (Å²) in [6.45, 7) is 2.78. The van der Waals surface area contributed by atoms with Crippen LogP contribution in [0, 0.1) is 0 Å². The van der Waals surface area contributed by atoms with Crippen molar-refractivity contribution in [3.8, 4) is 0 Å². The van der Waals surface area contributed by atoms with Crippen molar-refractivity contribution in [2.45, 2.75) is 0 Å². The molecule has 1 aromatic carbocycles. The van der Waals surface area contributed by atoms with E-state index < -0.39 is 0 Å². The maximum absolute atomic E-state index is 13.4. The lowest BCUT2D eigenvalue weighted by atomic mass is 9.86. The van der Waals surface area contributed by atoms with E-state index in [1.165, 1.54) is 0 Å². The van der Waals surface area contributed by atoms with E-state index in [9.17, 15) is 14.4 Å². The molecule has 3 aromatic rings. The average molecular weight is 373 g/mol. The first-order valence-corrected chi connectivity index (χ1v) is 9.37. The highest BCUT2D eigenvalue weighted by molar-refractivity contribution is 6.32. The van der Waals surface area contributed by atoms with Crippen LogP contribution in [0.2, 0.25) is 0 Å². The second kappa shape index (κ2) is 6.14. The second-order valence-electron chi connectivity index (χ2n) is 7.35. The first-order valence-electron chi connectivity index (χ1n) is 9.37. The molecule has 1 saturated heterocycles. The Bertz CT molecular complexity index is 1150. The number of benzene rings is 1. The van der Waals surface area contributed by atoms with Gasteiger partial charge in [-0.05, 0) is 19.2 Å². The fourth-order valence-electron chi connectivity index (χ4n) is 4.18. The standard InChI is InChI=1S/C22H19N3O3/c1-23-10-12-24(13-11-23)22(28)17-16-8-4-5-9-25(16)19-18(17)20(26)14-6-2-3-7-15(14)21(19)27/h2-9H,10-13H2,1H3. The van der Waals surface area contributed by atoms with Crippen LogP contribution in [0.1, 0.15) is 42.3 Å². The number of rotatable bonds is 1. The number of piperazine rings is 1. The molecule has 0 unspecified atom stereocenters. The lowest BCUT2D eigenvalue weighted by Crippen LogP contribution is -2.47. The fraction of sp³-hybridized carbons (Fsp3) is 0.227. The molecule has 0 saturated carbocycles. The summed E-state index contributed by atoms with van der Waals surface area (Å²) in [5.74, 6) is -0.659. The van der Waals surface area contributed by atoms with Crippen LogP contribution < -0.4 is 0 Å². The topological polar surface area (TPSA) is 62.1 Å². The van der Waals surface area contributed by atoms with Crippen molar-refractivity contribution in [2.24, 2.45) is 0 Å². The van der Waals surface area contributed by atoms with Crippen LogP contribution in [0.5, 0.6) is 0 Å². The molecule has 1 amide bonds. The van der Waals surface area contributed by atoms with E-state index in [2.05, 4.69) is 4.90 Å². The van der Waals surface area contributed by atoms with E-state index in [0.717, 1.165) is 13.1 Å². The van der Waals surface area contributed by atoms with Crippen LogP contribution in [0.15, 0.2) is 48.7 Å². The maximum Gasteiger partial charge on any atom is 0.256 e. The summed E-state index contributed by atoms with van der Waals surface area (Å²) in [6, 6.07) is 12.2. The Kier molecular flexibility index (Phi) is 3.70. The molecule has 5 rings (SSSR count). The summed E-state index contributed by atoms with van der Waals surface area (Å²) in [5.41, 5.74) is 2.22. The molecule has 2 aromatic heterocycles. The van der Waals surface area contributed by atoms with E-state index in [-0.39, 0.29) is 28.7 Å². The number of amides is 1. The van der Waals surface area contributed by atoms with Crippen LogP contribution in [0.25, 0.3) is 5.52 Å². The Morgan fingerprint density at radius 1 is 0.857 bits per heavy atom. The zero-order valence-electron chi connectivity index (χ0n) is 15.5. The Labute approximate surface area is 162 Å². The van der Waals surface area contributed by atoms with Gasteiger partial charge in [0.15, 0.2) is 5.78 Å². The number of ketones is 2. The van der Waals surface area contributed by atoms with Gasteiger partial charge in [0.05, 0.1) is 16.6 Å². The monoisotopic (exact) mass is 373 g/mol. The Balaban J connectivity index is 1.74. The lowest BCUT2D eigenvalue weighted by Gasteiger charge is -2.32. The van der Waals surface area contributed by atoms with Gasteiger partial charge in [0, 0.05) is 43.5 Å². The number of hydrogen-bond donors (Lipinski definition) is 0. The second-order valence-corrected chi connectivity index (χ2v) is 7.35. The molecule has 1 aliphatic carbocycles. The number of aromatic nitrogens is 1. The number of hydrogen-bond acceptors (Lipinski definition) is 4. The van der Waals surface area contributed by atoms with Gasteiger partial charge in [0.2, 0.25) is 5.78 Å². The molecular weight excluding hydrogens is 354 g/mol. The summed E-state index contributed by atoms with van der Waals surface area (Å²) in [7, 11) is 2.02. The average Bonchev–Trinajstić information content (AvgIpc) is 3.08. The van der Waals surface area contributed by atoms with Gasteiger partial charge in [-0.1, -0.05) is 30.3 Å². The first kappa shape index (κ1) is 16.9. The van der Waals surface area contributed by atoms with Crippen LogP contribution in [-0.2, 0) is 0 Å². The third-order valence-corrected chi connectivity index (χ3v) is 5.71. The summed E-state index contributed by atoms with van der Waals surface area (Å²) >= 11 is 0. The van der Waals surface area contributed by atoms with E-state index >= 15 is 0 Å². The number of nitrogens with zero attached hydrogens (tertiary/aromatic N) is 3. The molecule has 0 atom stereocenters. The lowest BCUT2D eigenvalue weighted by molar-refractivity contribution is 0.0663. The SMILES string of the molecule is CN1CCN(C(=O)c2c3c(n4ccccc24)C(=O)c2ccccc2C3=O)CC1. The highest BCUT2D eigenvalue weighted by atomic mass is 16.2. The summed E-state index contributed by atoms with van der Waals surface area (Å²) in [6.07, 6.45) is 1.74. The van der Waals surface area contributed by atoms with Crippen molar-refractivity contribution in [1.82, 2.24) is 14.2 Å². The zero-order chi connectivity index (χ0) is 19.4. The van der Waals surface area contributed by atoms with Gasteiger partial charge in [-0.25, -0.2) is 0 Å². The molecule has 0 radical (unpaired) electrons. The van der Waals surface area contributed by atoms with Crippen LogP contribution in [0.3, 0.4) is 0 Å². The number of fused-ring (bicyclic) bond motifs is 4. The molecule has 1 fully saturated rings. The van der Waals surface area contributed by atoms with Gasteiger partial charge in [-0.3, -0.25) is 14.4 Å². The van der Waals surface area contributed by atoms with E-state index in [4.69, 9.17) is 0 Å². The largest absolute Gasteiger partial charge is 0.336 e. The molecule has 140 valence electrons. The van der Waals surface area contributed by atoms with Gasteiger partial charge in [-0.2, -0.15) is 0 Å². The van der Waals surface area contributed by atoms with Gasteiger partial charge in [-0.15, -0.1) is 0 Å². The maximum atomic E-state index is 13.4. The van der Waals surface area contributed by atoms with Gasteiger partial charge < -0.3 is 14.2 Å². The molecule has 3 heterocycles. The number of likely N-dealkylation sites (N-methyl/N-ethyl adjacent to an activating group) is 1. The van der Waals surface area contributed by atoms with Gasteiger partial charge in [0.1, 0.15) is 5.69 Å². The Morgan fingerprint density at radius 2 is 1.50 bits per heavy atom. The highest BCUT2D eigenvalue weighted by Crippen LogP contribution is 2.34. The molecule has 6 heteroatoms. The predicted molar refractivity (Wildman–Crippen MR) is 104 cm³/mol. The number of pyridine rings is 1. The molecule has 0 N–H and O–H groups in total. The van der Waals surface area contributed by atoms with Crippen LogP contribution in [-0.4, -0.2) is 64.9 Å². The van der Waals surface area contributed by atoms with E-state index in [0.29, 0.717) is 35.3 Å². The van der Waals surface area contributed by atoms with E-state index in [1.54, 1.807) is 51.9 Å². The Morgan fingerprint density at radius 3 is 2.21 bits per heavy atom. The minimum absolute atomic E-state index is 0.182. The Hall–Kier alpha value is -3.25. The number of carbonyl (C=O) groups excluding carboxylic acids is 3. The van der Waals surface area contributed by atoms with Crippen LogP contribution in [0.4, 0.5) is 0 Å². The van der Waals surface area contributed by atoms with Gasteiger partial charge >= 0.3 is 0 Å². The first-order chi connectivity index (χ1) is 13.6. The molecule has 1 aliphatic heterocycles. The number of carbonyl (C=O) groups is 3. The van der Waals surface area contributed by atoms with Crippen molar-refractivity contribution >= 4 is 23.0 Å². The van der Waals surface area contributed by atoms with Crippen molar-refractivity contribution in [3.05, 3.63) is 76.6 Å². The smallest absolute Gasteiger partial charge is 0.256 e. The van der Waals surface area contributed by atoms with Crippen molar-refractivity contribution < 1.29 is 14.4 Å². The minimum Gasteiger partial charge on any atom is -0.336 e. The molecule has 0 spiro atoms. The molecule has 28 heavy (non-hydrogen) atoms. The zero-order valence-corrected chi connectivity index (χ0v) is 15.5. The summed E-state index contributed by atoms with van der Waals surface area (Å²) in [4.78, 5) is 44.0. The minimum atomic E-state index is -0.258. The van der Waals surface area contributed by atoms with Crippen molar-refractivity contribution in [2.75, 3.05) is 33.2 Å². The summed E-state index contributed by atoms with van der Waals surface area (Å²) in [5, 5.41) is 0. The molecule has 6 nitrogen and oxygen atoms in total. The third-order valence-electron chi connectivity index (χ3n) is 5.71. The molecular formula is C22H19N3O3. The fourth-order valence-corrected chi connectivity index (χ4v) is 4.18. The molecule has 0 bridgehead atoms. The highest BCUT2D eigenvalue weighted by Gasteiger charge is 2.38. The predicted octanol–water partition coefficient (Wildman–Crippen LogP) is 2.10. The third kappa shape index (κ3) is 2.28. The molecule has 2 aliphatic rings. The van der Waals surface area contributed by atoms with Gasteiger partial charge in [0.25, 0.3) is 5.91 Å². The normalized spacial score (nSPS) is 17.0. The quantitative estimate of drug-likeness (QED) is 0.513. The van der Waals surface area contributed by atoms with Crippen molar-refractivity contribution in [1.29, 1.82) is 0 Å². The van der Waals surface area contributed by atoms with Crippen molar-refractivity contribution in [3.63, 3.8) is 0 Å². The van der Waals surface area contributed by atoms with E-state index in [1.807, 2.05) is 13.1 Å².